The molecule has 2 aliphatic rings. The molecule has 9 heavy (non-hydrogen) atoms. The Bertz CT molecular complexity index is 86.1. The highest BCUT2D eigenvalue weighted by atomic mass is 32.2. The Hall–Kier alpha value is 0.270. The molecule has 1 spiro atoms. The van der Waals surface area contributed by atoms with E-state index in [1.807, 2.05) is 0 Å². The van der Waals surface area contributed by atoms with Crippen LogP contribution in [0.5, 0.6) is 0 Å². The van der Waals surface area contributed by atoms with Gasteiger partial charge in [-0.3, -0.25) is 0 Å². The van der Waals surface area contributed by atoms with Crippen LogP contribution in [0.15, 0.2) is 0 Å². The van der Waals surface area contributed by atoms with Crippen LogP contribution in [-0.4, -0.2) is 30.3 Å². The minimum atomic E-state index is 0.444. The Balaban J connectivity index is 2.04. The van der Waals surface area contributed by atoms with Crippen LogP contribution in [0.3, 0.4) is 0 Å². The third kappa shape index (κ3) is 0.974. The van der Waals surface area contributed by atoms with Crippen molar-refractivity contribution in [3.63, 3.8) is 0 Å². The van der Waals surface area contributed by atoms with E-state index in [9.17, 15) is 0 Å². The Morgan fingerprint density at radius 2 is 2.33 bits per heavy atom. The first-order valence-corrected chi connectivity index (χ1v) is 4.50. The van der Waals surface area contributed by atoms with Crippen LogP contribution >= 0.6 is 11.8 Å². The third-order valence-corrected chi connectivity index (χ3v) is 3.50. The van der Waals surface area contributed by atoms with Gasteiger partial charge in [-0.1, -0.05) is 0 Å². The van der Waals surface area contributed by atoms with Gasteiger partial charge in [-0.2, -0.15) is 0 Å². The fraction of sp³-hybridized carbons (Fsp3) is 1.00. The number of nitrogens with one attached hydrogen (secondary N) is 2. The van der Waals surface area contributed by atoms with Crippen molar-refractivity contribution < 1.29 is 0 Å². The predicted molar refractivity (Wildman–Crippen MR) is 40.7 cm³/mol. The van der Waals surface area contributed by atoms with Crippen LogP contribution in [0, 0.1) is 0 Å². The van der Waals surface area contributed by atoms with Crippen molar-refractivity contribution in [2.45, 2.75) is 11.3 Å². The third-order valence-electron chi connectivity index (χ3n) is 2.04. The molecular formula is C6H12N2S. The number of hydrogen-bond acceptors (Lipinski definition) is 3. The zero-order valence-corrected chi connectivity index (χ0v) is 6.26. The average Bonchev–Trinajstić information content (AvgIpc) is 2.45. The lowest BCUT2D eigenvalue weighted by atomic mass is 10.2. The Morgan fingerprint density at radius 3 is 2.89 bits per heavy atom. The molecule has 0 saturated carbocycles. The van der Waals surface area contributed by atoms with E-state index >= 15 is 0 Å². The summed E-state index contributed by atoms with van der Waals surface area (Å²) < 4.78 is 0. The molecule has 3 heteroatoms. The molecule has 1 unspecified atom stereocenters. The van der Waals surface area contributed by atoms with Gasteiger partial charge in [-0.25, -0.2) is 0 Å². The molecule has 2 fully saturated rings. The van der Waals surface area contributed by atoms with E-state index in [1.165, 1.54) is 25.3 Å². The van der Waals surface area contributed by atoms with Crippen molar-refractivity contribution >= 4 is 11.8 Å². The number of hydrogen-bond donors (Lipinski definition) is 2. The fourth-order valence-corrected chi connectivity index (χ4v) is 2.77. The largest absolute Gasteiger partial charge is 0.314 e. The van der Waals surface area contributed by atoms with Gasteiger partial charge in [-0.05, 0) is 13.0 Å². The molecule has 0 bridgehead atoms. The monoisotopic (exact) mass is 144 g/mol. The molecule has 0 radical (unpaired) electrons. The van der Waals surface area contributed by atoms with Crippen molar-refractivity contribution in [2.75, 3.05) is 25.4 Å². The van der Waals surface area contributed by atoms with Gasteiger partial charge in [0, 0.05) is 18.8 Å². The summed E-state index contributed by atoms with van der Waals surface area (Å²) in [5.74, 6) is 1.29. The molecule has 0 aliphatic carbocycles. The Kier molecular flexibility index (Phi) is 1.43. The second-order valence-corrected chi connectivity index (χ2v) is 4.17. The molecule has 1 atom stereocenters. The fourth-order valence-electron chi connectivity index (χ4n) is 1.52. The zero-order chi connectivity index (χ0) is 6.16. The van der Waals surface area contributed by atoms with Gasteiger partial charge >= 0.3 is 0 Å². The first-order chi connectivity index (χ1) is 4.41. The molecule has 52 valence electrons. The minimum absolute atomic E-state index is 0.444. The Labute approximate surface area is 59.8 Å². The summed E-state index contributed by atoms with van der Waals surface area (Å²) in [7, 11) is 0. The lowest BCUT2D eigenvalue weighted by Gasteiger charge is -2.20. The molecule has 0 aromatic heterocycles. The maximum Gasteiger partial charge on any atom is 0.0783 e. The zero-order valence-electron chi connectivity index (χ0n) is 5.44. The average molecular weight is 144 g/mol. The number of thioether (sulfide) groups is 1. The Morgan fingerprint density at radius 1 is 1.33 bits per heavy atom. The minimum Gasteiger partial charge on any atom is -0.314 e. The van der Waals surface area contributed by atoms with E-state index in [0.29, 0.717) is 4.87 Å². The SMILES string of the molecule is C1CC2(CN1)NCCS2. The smallest absolute Gasteiger partial charge is 0.0783 e. The molecule has 2 N–H and O–H groups in total. The molecule has 2 saturated heterocycles. The first-order valence-electron chi connectivity index (χ1n) is 3.51. The molecule has 2 rings (SSSR count). The van der Waals surface area contributed by atoms with Crippen LogP contribution < -0.4 is 10.6 Å². The van der Waals surface area contributed by atoms with Crippen molar-refractivity contribution in [3.8, 4) is 0 Å². The molecule has 2 aliphatic heterocycles. The van der Waals surface area contributed by atoms with Crippen LogP contribution in [0.2, 0.25) is 0 Å². The van der Waals surface area contributed by atoms with E-state index in [0.717, 1.165) is 6.54 Å². The quantitative estimate of drug-likeness (QED) is 0.501. The van der Waals surface area contributed by atoms with Gasteiger partial charge in [0.05, 0.1) is 4.87 Å². The van der Waals surface area contributed by atoms with Crippen LogP contribution in [0.1, 0.15) is 6.42 Å². The van der Waals surface area contributed by atoms with Crippen LogP contribution in [0.4, 0.5) is 0 Å². The maximum absolute atomic E-state index is 3.53. The summed E-state index contributed by atoms with van der Waals surface area (Å²) in [4.78, 5) is 0.444. The lowest BCUT2D eigenvalue weighted by molar-refractivity contribution is 0.544. The highest BCUT2D eigenvalue weighted by Gasteiger charge is 2.36. The highest BCUT2D eigenvalue weighted by Crippen LogP contribution is 2.32. The maximum atomic E-state index is 3.53. The van der Waals surface area contributed by atoms with Crippen LogP contribution in [0.25, 0.3) is 0 Å². The second kappa shape index (κ2) is 2.15. The summed E-state index contributed by atoms with van der Waals surface area (Å²) in [5.41, 5.74) is 0. The standard InChI is InChI=1S/C6H12N2S/c1-2-7-5-6(1)8-3-4-9-6/h7-8H,1-5H2. The topological polar surface area (TPSA) is 24.1 Å². The predicted octanol–water partition coefficient (Wildman–Crippen LogP) is 0.0124. The number of rotatable bonds is 0. The molecule has 0 aromatic rings. The van der Waals surface area contributed by atoms with Crippen LogP contribution in [-0.2, 0) is 0 Å². The molecule has 0 amide bonds. The van der Waals surface area contributed by atoms with Gasteiger partial charge in [0.1, 0.15) is 0 Å². The molecule has 0 aromatic carbocycles. The molecular weight excluding hydrogens is 132 g/mol. The van der Waals surface area contributed by atoms with Crippen molar-refractivity contribution in [2.24, 2.45) is 0 Å². The second-order valence-electron chi connectivity index (χ2n) is 2.70. The normalized spacial score (nSPS) is 42.7. The lowest BCUT2D eigenvalue weighted by Crippen LogP contribution is -2.38. The summed E-state index contributed by atoms with van der Waals surface area (Å²) in [6.45, 7) is 3.56. The van der Waals surface area contributed by atoms with Gasteiger partial charge in [0.2, 0.25) is 0 Å². The van der Waals surface area contributed by atoms with Crippen molar-refractivity contribution in [1.29, 1.82) is 0 Å². The molecule has 2 heterocycles. The van der Waals surface area contributed by atoms with Crippen molar-refractivity contribution in [3.05, 3.63) is 0 Å². The van der Waals surface area contributed by atoms with E-state index in [2.05, 4.69) is 22.4 Å². The van der Waals surface area contributed by atoms with Gasteiger partial charge in [0.25, 0.3) is 0 Å². The highest BCUT2D eigenvalue weighted by molar-refractivity contribution is 8.00. The summed E-state index contributed by atoms with van der Waals surface area (Å²) in [6, 6.07) is 0. The molecule has 2 nitrogen and oxygen atoms in total. The van der Waals surface area contributed by atoms with E-state index < -0.39 is 0 Å². The van der Waals surface area contributed by atoms with E-state index in [4.69, 9.17) is 0 Å². The first kappa shape index (κ1) is 6.01. The summed E-state index contributed by atoms with van der Waals surface area (Å²) in [6.07, 6.45) is 1.30. The summed E-state index contributed by atoms with van der Waals surface area (Å²) in [5, 5.41) is 6.90. The van der Waals surface area contributed by atoms with E-state index in [1.54, 1.807) is 0 Å². The van der Waals surface area contributed by atoms with Crippen molar-refractivity contribution in [1.82, 2.24) is 10.6 Å². The summed E-state index contributed by atoms with van der Waals surface area (Å²) >= 11 is 2.08. The van der Waals surface area contributed by atoms with Gasteiger partial charge < -0.3 is 10.6 Å². The van der Waals surface area contributed by atoms with Gasteiger partial charge in [0.15, 0.2) is 0 Å². The van der Waals surface area contributed by atoms with E-state index in [-0.39, 0.29) is 0 Å². The van der Waals surface area contributed by atoms with Gasteiger partial charge in [-0.15, -0.1) is 11.8 Å².